The molecule has 0 radical (unpaired) electrons. The van der Waals surface area contributed by atoms with Crippen LogP contribution in [0.15, 0.2) is 24.3 Å². The van der Waals surface area contributed by atoms with E-state index in [0.717, 1.165) is 34.4 Å². The zero-order valence-electron chi connectivity index (χ0n) is 24.5. The van der Waals surface area contributed by atoms with Crippen LogP contribution in [0.1, 0.15) is 87.1 Å². The summed E-state index contributed by atoms with van der Waals surface area (Å²) in [6, 6.07) is 8.58. The van der Waals surface area contributed by atoms with Gasteiger partial charge in [0.05, 0.1) is 12.5 Å². The Labute approximate surface area is 216 Å². The lowest BCUT2D eigenvalue weighted by Gasteiger charge is -2.40. The van der Waals surface area contributed by atoms with Gasteiger partial charge >= 0.3 is 0 Å². The van der Waals surface area contributed by atoms with Gasteiger partial charge in [-0.25, -0.2) is 0 Å². The molecule has 0 aliphatic heterocycles. The summed E-state index contributed by atoms with van der Waals surface area (Å²) in [5, 5.41) is 2.24. The molecule has 35 heavy (non-hydrogen) atoms. The summed E-state index contributed by atoms with van der Waals surface area (Å²) in [5.41, 5.74) is 1.12. The fourth-order valence-electron chi connectivity index (χ4n) is 5.14. The lowest BCUT2D eigenvalue weighted by atomic mass is 9.75. The van der Waals surface area contributed by atoms with E-state index in [4.69, 9.17) is 13.9 Å². The van der Waals surface area contributed by atoms with E-state index >= 15 is 0 Å². The number of rotatable bonds is 6. The molecular formula is C31H50O3Si. The van der Waals surface area contributed by atoms with Gasteiger partial charge in [-0.2, -0.15) is 0 Å². The quantitative estimate of drug-likeness (QED) is 0.371. The van der Waals surface area contributed by atoms with Gasteiger partial charge in [0.1, 0.15) is 23.4 Å². The van der Waals surface area contributed by atoms with Crippen LogP contribution in [0.5, 0.6) is 17.2 Å². The Kier molecular flexibility index (Phi) is 7.97. The summed E-state index contributed by atoms with van der Waals surface area (Å²) in [5.74, 6) is 4.65. The third kappa shape index (κ3) is 5.84. The molecule has 0 unspecified atom stereocenters. The van der Waals surface area contributed by atoms with Gasteiger partial charge in [-0.05, 0) is 66.3 Å². The second-order valence-corrected chi connectivity index (χ2v) is 18.5. The first-order valence-corrected chi connectivity index (χ1v) is 16.5. The number of fused-ring (bicyclic) bond motifs is 1. The third-order valence-corrected chi connectivity index (χ3v) is 12.8. The molecule has 0 heterocycles. The Morgan fingerprint density at radius 3 is 2.17 bits per heavy atom. The molecule has 3 rings (SSSR count). The van der Waals surface area contributed by atoms with Gasteiger partial charge in [0.15, 0.2) is 0 Å². The highest BCUT2D eigenvalue weighted by Gasteiger charge is 2.41. The van der Waals surface area contributed by atoms with Crippen LogP contribution in [-0.2, 0) is 5.41 Å². The van der Waals surface area contributed by atoms with Crippen molar-refractivity contribution in [1.82, 2.24) is 0 Å². The Morgan fingerprint density at radius 1 is 0.971 bits per heavy atom. The number of ether oxygens (including phenoxy) is 2. The van der Waals surface area contributed by atoms with E-state index in [2.05, 4.69) is 93.6 Å². The summed E-state index contributed by atoms with van der Waals surface area (Å²) >= 11 is 0. The van der Waals surface area contributed by atoms with Gasteiger partial charge in [0.2, 0.25) is 0 Å². The van der Waals surface area contributed by atoms with E-state index in [9.17, 15) is 0 Å². The molecule has 1 aliphatic carbocycles. The number of methoxy groups -OCH3 is 1. The monoisotopic (exact) mass is 498 g/mol. The standard InChI is InChI=1S/C31H50O3Si/c1-20(2)22-17-16-21(3)18-26(22)33-27-19-24(30(4,5)6)29(34-35(11,12)31(7,8)9)23-14-13-15-25(32-10)28(23)27/h13-15,19-22,26H,16-18H2,1-12H3/t21-,22+,26-/m1/s1. The first-order chi connectivity index (χ1) is 16.1. The van der Waals surface area contributed by atoms with Crippen LogP contribution in [0.4, 0.5) is 0 Å². The molecule has 0 amide bonds. The van der Waals surface area contributed by atoms with Crippen molar-refractivity contribution in [3.05, 3.63) is 29.8 Å². The third-order valence-electron chi connectivity index (χ3n) is 8.47. The first kappa shape index (κ1) is 27.9. The van der Waals surface area contributed by atoms with Gasteiger partial charge < -0.3 is 13.9 Å². The van der Waals surface area contributed by atoms with Crippen LogP contribution in [0, 0.1) is 17.8 Å². The second-order valence-electron chi connectivity index (χ2n) is 13.7. The van der Waals surface area contributed by atoms with E-state index in [0.29, 0.717) is 17.8 Å². The molecule has 3 nitrogen and oxygen atoms in total. The van der Waals surface area contributed by atoms with Crippen LogP contribution in [-0.4, -0.2) is 21.5 Å². The molecule has 196 valence electrons. The smallest absolute Gasteiger partial charge is 0.250 e. The fourth-order valence-corrected chi connectivity index (χ4v) is 6.18. The molecule has 1 fully saturated rings. The number of hydrogen-bond acceptors (Lipinski definition) is 3. The van der Waals surface area contributed by atoms with E-state index < -0.39 is 8.32 Å². The summed E-state index contributed by atoms with van der Waals surface area (Å²) in [6.07, 6.45) is 3.84. The highest BCUT2D eigenvalue weighted by Crippen LogP contribution is 2.49. The van der Waals surface area contributed by atoms with Crippen LogP contribution >= 0.6 is 0 Å². The van der Waals surface area contributed by atoms with E-state index in [-0.39, 0.29) is 16.6 Å². The Hall–Kier alpha value is -1.68. The minimum absolute atomic E-state index is 0.0929. The average Bonchev–Trinajstić information content (AvgIpc) is 2.72. The van der Waals surface area contributed by atoms with Crippen molar-refractivity contribution in [1.29, 1.82) is 0 Å². The van der Waals surface area contributed by atoms with Crippen LogP contribution < -0.4 is 13.9 Å². The van der Waals surface area contributed by atoms with Crippen molar-refractivity contribution in [2.75, 3.05) is 7.11 Å². The molecule has 0 aromatic heterocycles. The van der Waals surface area contributed by atoms with Gasteiger partial charge in [-0.15, -0.1) is 0 Å². The topological polar surface area (TPSA) is 27.7 Å². The van der Waals surface area contributed by atoms with E-state index in [1.807, 2.05) is 6.07 Å². The lowest BCUT2D eigenvalue weighted by molar-refractivity contribution is 0.0469. The zero-order valence-corrected chi connectivity index (χ0v) is 25.5. The maximum Gasteiger partial charge on any atom is 0.250 e. The normalized spacial score (nSPS) is 21.9. The Bertz CT molecular complexity index is 1030. The SMILES string of the molecule is COc1cccc2c(O[Si](C)(C)C(C)(C)C)c(C(C)(C)C)cc(O[C@@H]3C[C@H](C)CC[C@H]3C(C)C)c12. The molecule has 1 aliphatic rings. The summed E-state index contributed by atoms with van der Waals surface area (Å²) in [4.78, 5) is 0. The summed E-state index contributed by atoms with van der Waals surface area (Å²) < 4.78 is 20.0. The van der Waals surface area contributed by atoms with Crippen molar-refractivity contribution in [2.24, 2.45) is 17.8 Å². The molecule has 2 aromatic rings. The fraction of sp³-hybridized carbons (Fsp3) is 0.677. The highest BCUT2D eigenvalue weighted by atomic mass is 28.4. The molecule has 0 spiro atoms. The van der Waals surface area contributed by atoms with Gasteiger partial charge in [-0.3, -0.25) is 0 Å². The van der Waals surface area contributed by atoms with Gasteiger partial charge in [0, 0.05) is 10.9 Å². The van der Waals surface area contributed by atoms with Crippen molar-refractivity contribution in [3.8, 4) is 17.2 Å². The first-order valence-electron chi connectivity index (χ1n) is 13.6. The summed E-state index contributed by atoms with van der Waals surface area (Å²) in [7, 11) is -0.323. The maximum absolute atomic E-state index is 7.09. The maximum atomic E-state index is 7.09. The number of benzene rings is 2. The second kappa shape index (κ2) is 9.99. The van der Waals surface area contributed by atoms with E-state index in [1.165, 1.54) is 18.4 Å². The van der Waals surface area contributed by atoms with Crippen LogP contribution in [0.2, 0.25) is 18.1 Å². The van der Waals surface area contributed by atoms with Crippen LogP contribution in [0.3, 0.4) is 0 Å². The molecular weight excluding hydrogens is 448 g/mol. The molecule has 4 heteroatoms. The highest BCUT2D eigenvalue weighted by molar-refractivity contribution is 6.74. The molecule has 0 N–H and O–H groups in total. The molecule has 0 bridgehead atoms. The Balaban J connectivity index is 2.27. The number of hydrogen-bond donors (Lipinski definition) is 0. The lowest BCUT2D eigenvalue weighted by Crippen LogP contribution is -2.44. The molecule has 3 atom stereocenters. The van der Waals surface area contributed by atoms with Crippen molar-refractivity contribution in [2.45, 2.75) is 111 Å². The van der Waals surface area contributed by atoms with Gasteiger partial charge in [-0.1, -0.05) is 80.9 Å². The minimum Gasteiger partial charge on any atom is -0.543 e. The largest absolute Gasteiger partial charge is 0.543 e. The molecule has 0 saturated heterocycles. The van der Waals surface area contributed by atoms with Crippen LogP contribution in [0.25, 0.3) is 10.8 Å². The Morgan fingerprint density at radius 2 is 1.63 bits per heavy atom. The van der Waals surface area contributed by atoms with Crippen molar-refractivity contribution >= 4 is 19.1 Å². The zero-order chi connectivity index (χ0) is 26.3. The molecule has 1 saturated carbocycles. The average molecular weight is 499 g/mol. The predicted octanol–water partition coefficient (Wildman–Crippen LogP) is 9.37. The predicted molar refractivity (Wildman–Crippen MR) is 153 cm³/mol. The molecule has 2 aromatic carbocycles. The van der Waals surface area contributed by atoms with Crippen molar-refractivity contribution < 1.29 is 13.9 Å². The minimum atomic E-state index is -2.08. The van der Waals surface area contributed by atoms with Crippen molar-refractivity contribution in [3.63, 3.8) is 0 Å². The van der Waals surface area contributed by atoms with Gasteiger partial charge in [0.25, 0.3) is 8.32 Å². The summed E-state index contributed by atoms with van der Waals surface area (Å²) in [6.45, 7) is 25.4. The van der Waals surface area contributed by atoms with E-state index in [1.54, 1.807) is 7.11 Å².